The molecule has 1 atom stereocenters. The Morgan fingerprint density at radius 3 is 0.909 bits per heavy atom. The number of rotatable bonds is 10. The molecule has 0 heterocycles. The van der Waals surface area contributed by atoms with E-state index in [2.05, 4.69) is 144 Å². The number of halogens is 3. The predicted octanol–water partition coefficient (Wildman–Crippen LogP) is -0.526. The van der Waals surface area contributed by atoms with Crippen molar-refractivity contribution in [3.8, 4) is 0 Å². The number of hydrogen-bond donors (Lipinski definition) is 0. The van der Waals surface area contributed by atoms with Gasteiger partial charge in [0.2, 0.25) is 0 Å². The summed E-state index contributed by atoms with van der Waals surface area (Å²) in [5, 5.41) is 4.68. The molecular weight excluding hydrogens is 651 g/mol. The van der Waals surface area contributed by atoms with Gasteiger partial charge in [-0.1, -0.05) is 0 Å². The quantitative estimate of drug-likeness (QED) is 0.197. The van der Waals surface area contributed by atoms with Gasteiger partial charge < -0.3 is 37.2 Å². The molecule has 3 aromatic carbocycles. The van der Waals surface area contributed by atoms with Crippen molar-refractivity contribution < 1.29 is 57.7 Å². The SMILES string of the molecule is CCc1cc(CC)cc([Si](c2cc(CC)cc(CC)c2)(c2cc(CC)cc(CC)c2)C2(C)C(C)=C(C)C(C)=[C]2[Ti+3])c1.[Cl-].[Cl-].[Cl-]. The van der Waals surface area contributed by atoms with E-state index in [0.29, 0.717) is 0 Å². The topological polar surface area (TPSA) is 0 Å². The van der Waals surface area contributed by atoms with Crippen molar-refractivity contribution in [1.29, 1.82) is 0 Å². The Balaban J connectivity index is 0.00000323. The van der Waals surface area contributed by atoms with Crippen LogP contribution >= 0.6 is 0 Å². The summed E-state index contributed by atoms with van der Waals surface area (Å²) in [6.45, 7) is 23.8. The molecule has 0 saturated heterocycles. The maximum absolute atomic E-state index is 2.73. The molecule has 0 spiro atoms. The van der Waals surface area contributed by atoms with Gasteiger partial charge in [0.15, 0.2) is 0 Å². The van der Waals surface area contributed by atoms with Gasteiger partial charge in [0.05, 0.1) is 0 Å². The van der Waals surface area contributed by atoms with Gasteiger partial charge in [-0.2, -0.15) is 0 Å². The van der Waals surface area contributed by atoms with Crippen LogP contribution in [-0.4, -0.2) is 8.07 Å². The van der Waals surface area contributed by atoms with Crippen molar-refractivity contribution in [2.75, 3.05) is 0 Å². The number of benzene rings is 3. The third kappa shape index (κ3) is 6.81. The normalized spacial score (nSPS) is 16.5. The molecule has 0 N–H and O–H groups in total. The van der Waals surface area contributed by atoms with Gasteiger partial charge in [-0.3, -0.25) is 0 Å². The Morgan fingerprint density at radius 1 is 0.477 bits per heavy atom. The molecule has 0 fully saturated rings. The molecule has 1 aliphatic rings. The van der Waals surface area contributed by atoms with Crippen LogP contribution in [0.5, 0.6) is 0 Å². The number of hydrogen-bond acceptors (Lipinski definition) is 0. The third-order valence-electron chi connectivity index (χ3n) is 10.4. The van der Waals surface area contributed by atoms with Crippen LogP contribution < -0.4 is 52.8 Å². The smallest absolute Gasteiger partial charge is 1.00 e. The van der Waals surface area contributed by atoms with Crippen molar-refractivity contribution in [1.82, 2.24) is 0 Å². The molecule has 0 saturated carbocycles. The zero-order valence-electron chi connectivity index (χ0n) is 28.6. The van der Waals surface area contributed by atoms with Crippen LogP contribution in [0.25, 0.3) is 0 Å². The first-order chi connectivity index (χ1) is 19.5. The molecule has 4 rings (SSSR count). The molecule has 3 aromatic rings. The Hall–Kier alpha value is -1.06. The fraction of sp³-hybridized carbons (Fsp3) is 0.436. The predicted molar refractivity (Wildman–Crippen MR) is 180 cm³/mol. The van der Waals surface area contributed by atoms with Crippen LogP contribution in [0.15, 0.2) is 75.2 Å². The zero-order chi connectivity index (χ0) is 30.1. The van der Waals surface area contributed by atoms with Gasteiger partial charge >= 0.3 is 265 Å². The van der Waals surface area contributed by atoms with E-state index >= 15 is 0 Å². The molecule has 5 heteroatoms. The summed E-state index contributed by atoms with van der Waals surface area (Å²) in [5.41, 5.74) is 13.4. The zero-order valence-corrected chi connectivity index (χ0v) is 33.4. The van der Waals surface area contributed by atoms with Gasteiger partial charge in [-0.25, -0.2) is 0 Å². The van der Waals surface area contributed by atoms with E-state index in [9.17, 15) is 0 Å². The molecule has 1 unspecified atom stereocenters. The molecule has 0 nitrogen and oxygen atoms in total. The average Bonchev–Trinajstić information content (AvgIpc) is 3.16. The van der Waals surface area contributed by atoms with E-state index < -0.39 is 8.07 Å². The van der Waals surface area contributed by atoms with Crippen molar-refractivity contribution >= 4 is 23.6 Å². The summed E-state index contributed by atoms with van der Waals surface area (Å²) in [6, 6.07) is 23.1. The molecule has 0 radical (unpaired) electrons. The van der Waals surface area contributed by atoms with Crippen molar-refractivity contribution in [3.63, 3.8) is 0 Å². The van der Waals surface area contributed by atoms with Crippen LogP contribution in [0.4, 0.5) is 0 Å². The van der Waals surface area contributed by atoms with Crippen molar-refractivity contribution in [2.24, 2.45) is 0 Å². The van der Waals surface area contributed by atoms with E-state index in [0.717, 1.165) is 38.5 Å². The van der Waals surface area contributed by atoms with E-state index in [-0.39, 0.29) is 42.3 Å². The Kier molecular flexibility index (Phi) is 15.5. The number of aryl methyl sites for hydroxylation is 6. The van der Waals surface area contributed by atoms with Crippen LogP contribution in [0, 0.1) is 0 Å². The largest absolute Gasteiger partial charge is 1.00 e. The fourth-order valence-corrected chi connectivity index (χ4v) is 15.3. The van der Waals surface area contributed by atoms with Gasteiger partial charge in [-0.05, 0) is 0 Å². The minimum Gasteiger partial charge on any atom is -1.00 e. The van der Waals surface area contributed by atoms with Gasteiger partial charge in [0.1, 0.15) is 0 Å². The maximum atomic E-state index is 2.63. The summed E-state index contributed by atoms with van der Waals surface area (Å²) in [4.78, 5) is 0. The number of allylic oxidation sites excluding steroid dienone is 4. The average molecular weight is 702 g/mol. The van der Waals surface area contributed by atoms with Crippen LogP contribution in [0.2, 0.25) is 5.04 Å². The Bertz CT molecular complexity index is 1290. The minimum atomic E-state index is -2.73. The Labute approximate surface area is 300 Å². The van der Waals surface area contributed by atoms with Crippen molar-refractivity contribution in [2.45, 2.75) is 113 Å². The van der Waals surface area contributed by atoms with E-state index in [4.69, 9.17) is 0 Å². The summed E-state index contributed by atoms with van der Waals surface area (Å²) in [6.07, 6.45) is 6.38. The second kappa shape index (κ2) is 16.7. The molecular formula is C39H51Cl3SiTi. The fourth-order valence-electron chi connectivity index (χ4n) is 7.40. The van der Waals surface area contributed by atoms with Gasteiger partial charge in [0.25, 0.3) is 0 Å². The van der Waals surface area contributed by atoms with E-state index in [1.807, 2.05) is 0 Å². The molecule has 0 amide bonds. The van der Waals surface area contributed by atoms with Gasteiger partial charge in [-0.15, -0.1) is 0 Å². The van der Waals surface area contributed by atoms with Crippen LogP contribution in [0.3, 0.4) is 0 Å². The van der Waals surface area contributed by atoms with E-state index in [1.165, 1.54) is 44.5 Å². The minimum absolute atomic E-state index is 0. The van der Waals surface area contributed by atoms with Crippen LogP contribution in [-0.2, 0) is 59.0 Å². The third-order valence-corrected chi connectivity index (χ3v) is 17.8. The summed E-state index contributed by atoms with van der Waals surface area (Å²) < 4.78 is 1.57. The monoisotopic (exact) mass is 700 g/mol. The first-order valence-electron chi connectivity index (χ1n) is 16.1. The summed E-state index contributed by atoms with van der Waals surface area (Å²) in [5.74, 6) is 0. The molecule has 1 aliphatic carbocycles. The van der Waals surface area contributed by atoms with Crippen LogP contribution in [0.1, 0.15) is 103 Å². The van der Waals surface area contributed by atoms with Crippen molar-refractivity contribution in [3.05, 3.63) is 109 Å². The Morgan fingerprint density at radius 2 is 0.727 bits per heavy atom. The second-order valence-corrected chi connectivity index (χ2v) is 17.4. The molecule has 236 valence electrons. The van der Waals surface area contributed by atoms with Gasteiger partial charge in [0, 0.05) is 0 Å². The summed E-state index contributed by atoms with van der Waals surface area (Å²) in [7, 11) is -2.73. The molecule has 44 heavy (non-hydrogen) atoms. The molecule has 0 bridgehead atoms. The molecule has 0 aromatic heterocycles. The van der Waals surface area contributed by atoms with E-state index in [1.54, 1.807) is 25.0 Å². The maximum Gasteiger partial charge on any atom is -1.00 e. The standard InChI is InChI=1S/C39H51Si.3ClH.Ti/c1-11-30-17-31(12-2)21-36(20-30)40(39(10)26-27(7)28(8)29(39)9,37-22-32(13-3)18-33(14-4)23-37)38-24-34(15-5)19-35(16-6)25-38;;;;/h17-25H,11-16H2,1-10H3;3*1H;/q;;;;+3/p-3. The first kappa shape index (κ1) is 41.0. The first-order valence-corrected chi connectivity index (χ1v) is 18.8. The molecule has 0 aliphatic heterocycles. The second-order valence-electron chi connectivity index (χ2n) is 12.4. The summed E-state index contributed by atoms with van der Waals surface area (Å²) >= 11 is 2.45.